The first-order valence-electron chi connectivity index (χ1n) is 6.59. The summed E-state index contributed by atoms with van der Waals surface area (Å²) in [5, 5.41) is 12.0. The van der Waals surface area contributed by atoms with E-state index in [2.05, 4.69) is 5.32 Å². The van der Waals surface area contributed by atoms with Crippen LogP contribution >= 0.6 is 0 Å². The van der Waals surface area contributed by atoms with Gasteiger partial charge in [0.2, 0.25) is 0 Å². The summed E-state index contributed by atoms with van der Waals surface area (Å²) >= 11 is 0. The molecule has 0 aliphatic rings. The lowest BCUT2D eigenvalue weighted by Crippen LogP contribution is -2.34. The quantitative estimate of drug-likeness (QED) is 0.866. The minimum Gasteiger partial charge on any atom is -0.508 e. The first kappa shape index (κ1) is 19.0. The molecular formula is C15H27NO2. The van der Waals surface area contributed by atoms with Crippen LogP contribution in [-0.4, -0.2) is 24.0 Å². The molecule has 1 aromatic rings. The molecule has 0 fully saturated rings. The maximum absolute atomic E-state index is 11.1. The minimum atomic E-state index is -0.139. The molecule has 1 rings (SSSR count). The van der Waals surface area contributed by atoms with Gasteiger partial charge in [0.25, 0.3) is 0 Å². The highest BCUT2D eigenvalue weighted by Crippen LogP contribution is 2.11. The zero-order valence-corrected chi connectivity index (χ0v) is 12.4. The molecule has 3 heteroatoms. The molecule has 0 radical (unpaired) electrons. The fourth-order valence-electron chi connectivity index (χ4n) is 1.32. The van der Waals surface area contributed by atoms with Gasteiger partial charge in [-0.1, -0.05) is 39.8 Å². The Kier molecular flexibility index (Phi) is 12.8. The molecule has 0 aliphatic carbocycles. The second kappa shape index (κ2) is 12.1. The topological polar surface area (TPSA) is 49.3 Å². The van der Waals surface area contributed by atoms with Crippen molar-refractivity contribution in [2.24, 2.45) is 0 Å². The second-order valence-electron chi connectivity index (χ2n) is 3.32. The van der Waals surface area contributed by atoms with Crippen LogP contribution in [0.25, 0.3) is 0 Å². The van der Waals surface area contributed by atoms with Gasteiger partial charge < -0.3 is 10.4 Å². The molecule has 1 atom stereocenters. The van der Waals surface area contributed by atoms with Crippen molar-refractivity contribution in [1.82, 2.24) is 5.32 Å². The average molecular weight is 253 g/mol. The number of aromatic hydroxyl groups is 1. The summed E-state index contributed by atoms with van der Waals surface area (Å²) in [4.78, 5) is 11.1. The smallest absolute Gasteiger partial charge is 0.147 e. The van der Waals surface area contributed by atoms with Gasteiger partial charge in [-0.15, -0.1) is 0 Å². The molecule has 18 heavy (non-hydrogen) atoms. The Morgan fingerprint density at radius 3 is 1.94 bits per heavy atom. The molecule has 0 saturated carbocycles. The number of ketones is 1. The summed E-state index contributed by atoms with van der Waals surface area (Å²) in [5.41, 5.74) is 1.04. The molecule has 104 valence electrons. The SMILES string of the molecule is CC.CC.CN[C@H](Cc1ccc(O)cc1)C(C)=O. The van der Waals surface area contributed by atoms with E-state index in [9.17, 15) is 4.79 Å². The van der Waals surface area contributed by atoms with E-state index >= 15 is 0 Å². The third kappa shape index (κ3) is 7.85. The van der Waals surface area contributed by atoms with Gasteiger partial charge in [-0.3, -0.25) is 4.79 Å². The zero-order chi connectivity index (χ0) is 14.6. The number of hydrogen-bond donors (Lipinski definition) is 2. The Bertz CT molecular complexity index is 307. The maximum atomic E-state index is 11.1. The Balaban J connectivity index is 0. The molecule has 3 nitrogen and oxygen atoms in total. The van der Waals surface area contributed by atoms with Gasteiger partial charge in [0.15, 0.2) is 0 Å². The van der Waals surface area contributed by atoms with Crippen LogP contribution < -0.4 is 5.32 Å². The normalized spacial score (nSPS) is 10.3. The largest absolute Gasteiger partial charge is 0.508 e. The number of phenolic OH excluding ortho intramolecular Hbond substituents is 1. The van der Waals surface area contributed by atoms with Gasteiger partial charge in [-0.25, -0.2) is 0 Å². The van der Waals surface area contributed by atoms with Gasteiger partial charge in [0.05, 0.1) is 6.04 Å². The zero-order valence-electron chi connectivity index (χ0n) is 12.4. The summed E-state index contributed by atoms with van der Waals surface area (Å²) in [6.07, 6.45) is 0.659. The van der Waals surface area contributed by atoms with Crippen molar-refractivity contribution in [3.63, 3.8) is 0 Å². The maximum Gasteiger partial charge on any atom is 0.147 e. The predicted molar refractivity (Wildman–Crippen MR) is 78.0 cm³/mol. The van der Waals surface area contributed by atoms with Crippen molar-refractivity contribution in [2.45, 2.75) is 47.1 Å². The van der Waals surface area contributed by atoms with Crippen LogP contribution in [0, 0.1) is 0 Å². The van der Waals surface area contributed by atoms with Crippen molar-refractivity contribution in [2.75, 3.05) is 7.05 Å². The number of carbonyl (C=O) groups excluding carboxylic acids is 1. The molecule has 0 spiro atoms. The highest BCUT2D eigenvalue weighted by molar-refractivity contribution is 5.81. The molecule has 0 bridgehead atoms. The fraction of sp³-hybridized carbons (Fsp3) is 0.533. The Morgan fingerprint density at radius 1 is 1.17 bits per heavy atom. The van der Waals surface area contributed by atoms with E-state index in [1.54, 1.807) is 26.1 Å². The van der Waals surface area contributed by atoms with Crippen LogP contribution in [-0.2, 0) is 11.2 Å². The molecule has 0 unspecified atom stereocenters. The van der Waals surface area contributed by atoms with Gasteiger partial charge in [-0.2, -0.15) is 0 Å². The van der Waals surface area contributed by atoms with Gasteiger partial charge in [0, 0.05) is 0 Å². The van der Waals surface area contributed by atoms with Gasteiger partial charge in [0.1, 0.15) is 11.5 Å². The number of phenols is 1. The monoisotopic (exact) mass is 253 g/mol. The Morgan fingerprint density at radius 2 is 1.61 bits per heavy atom. The van der Waals surface area contributed by atoms with Crippen LogP contribution in [0.2, 0.25) is 0 Å². The van der Waals surface area contributed by atoms with E-state index in [4.69, 9.17) is 5.11 Å². The Hall–Kier alpha value is -1.35. The number of likely N-dealkylation sites (N-methyl/N-ethyl adjacent to an activating group) is 1. The third-order valence-electron chi connectivity index (χ3n) is 2.22. The summed E-state index contributed by atoms with van der Waals surface area (Å²) < 4.78 is 0. The predicted octanol–water partition coefficient (Wildman–Crippen LogP) is 3.16. The fourth-order valence-corrected chi connectivity index (χ4v) is 1.32. The van der Waals surface area contributed by atoms with Crippen molar-refractivity contribution in [3.8, 4) is 5.75 Å². The first-order chi connectivity index (χ1) is 8.63. The molecule has 1 aromatic carbocycles. The van der Waals surface area contributed by atoms with Gasteiger partial charge in [-0.05, 0) is 38.1 Å². The summed E-state index contributed by atoms with van der Waals surface area (Å²) in [5.74, 6) is 0.373. The lowest BCUT2D eigenvalue weighted by molar-refractivity contribution is -0.118. The van der Waals surface area contributed by atoms with Crippen LogP contribution in [0.1, 0.15) is 40.2 Å². The van der Waals surface area contributed by atoms with E-state index in [1.165, 1.54) is 0 Å². The number of rotatable bonds is 4. The molecule has 0 aliphatic heterocycles. The highest BCUT2D eigenvalue weighted by Gasteiger charge is 2.11. The van der Waals surface area contributed by atoms with Crippen LogP contribution in [0.15, 0.2) is 24.3 Å². The highest BCUT2D eigenvalue weighted by atomic mass is 16.3. The van der Waals surface area contributed by atoms with E-state index in [0.29, 0.717) is 6.42 Å². The standard InChI is InChI=1S/C11H15NO2.2C2H6/c1-8(13)11(12-2)7-9-3-5-10(14)6-4-9;2*1-2/h3-6,11-12,14H,7H2,1-2H3;2*1-2H3/t11-;;/m1../s1. The van der Waals surface area contributed by atoms with Crippen molar-refractivity contribution in [1.29, 1.82) is 0 Å². The number of hydrogen-bond acceptors (Lipinski definition) is 3. The molecular weight excluding hydrogens is 226 g/mol. The van der Waals surface area contributed by atoms with Crippen LogP contribution in [0.4, 0.5) is 0 Å². The van der Waals surface area contributed by atoms with E-state index in [1.807, 2.05) is 39.8 Å². The van der Waals surface area contributed by atoms with E-state index < -0.39 is 0 Å². The minimum absolute atomic E-state index is 0.126. The van der Waals surface area contributed by atoms with Crippen molar-refractivity contribution < 1.29 is 9.90 Å². The molecule has 2 N–H and O–H groups in total. The third-order valence-corrected chi connectivity index (χ3v) is 2.22. The molecule has 0 aromatic heterocycles. The Labute approximate surface area is 111 Å². The van der Waals surface area contributed by atoms with Gasteiger partial charge >= 0.3 is 0 Å². The lowest BCUT2D eigenvalue weighted by atomic mass is 10.0. The first-order valence-corrected chi connectivity index (χ1v) is 6.59. The van der Waals surface area contributed by atoms with Crippen LogP contribution in [0.5, 0.6) is 5.75 Å². The summed E-state index contributed by atoms with van der Waals surface area (Å²) in [7, 11) is 1.77. The van der Waals surface area contributed by atoms with E-state index in [0.717, 1.165) is 5.56 Å². The number of nitrogens with one attached hydrogen (secondary N) is 1. The van der Waals surface area contributed by atoms with Crippen molar-refractivity contribution >= 4 is 5.78 Å². The molecule has 0 amide bonds. The average Bonchev–Trinajstić information content (AvgIpc) is 2.42. The summed E-state index contributed by atoms with van der Waals surface area (Å²) in [6.45, 7) is 9.57. The second-order valence-corrected chi connectivity index (χ2v) is 3.32. The lowest BCUT2D eigenvalue weighted by Gasteiger charge is -2.12. The van der Waals surface area contributed by atoms with Crippen LogP contribution in [0.3, 0.4) is 0 Å². The molecule has 0 saturated heterocycles. The molecule has 0 heterocycles. The number of carbonyl (C=O) groups is 1. The number of Topliss-reactive ketones (excluding diaryl/α,β-unsaturated/α-hetero) is 1. The van der Waals surface area contributed by atoms with E-state index in [-0.39, 0.29) is 17.6 Å². The summed E-state index contributed by atoms with van der Waals surface area (Å²) in [6, 6.07) is 6.76. The number of benzene rings is 1. The van der Waals surface area contributed by atoms with Crippen molar-refractivity contribution in [3.05, 3.63) is 29.8 Å².